The molecule has 6 aromatic heterocycles. The van der Waals surface area contributed by atoms with Gasteiger partial charge in [0.1, 0.15) is 5.65 Å². The summed E-state index contributed by atoms with van der Waals surface area (Å²) in [6, 6.07) is 61.8. The van der Waals surface area contributed by atoms with Crippen LogP contribution >= 0.6 is 0 Å². The maximum atomic E-state index is 4.97. The molecule has 262 valence electrons. The summed E-state index contributed by atoms with van der Waals surface area (Å²) < 4.78 is 4.64. The summed E-state index contributed by atoms with van der Waals surface area (Å²) in [7, 11) is 0. The van der Waals surface area contributed by atoms with Crippen LogP contribution < -0.4 is 0 Å². The third kappa shape index (κ3) is 5.27. The second kappa shape index (κ2) is 13.0. The monoisotopic (exact) mass is 716 g/mol. The van der Waals surface area contributed by atoms with Crippen LogP contribution in [0, 0.1) is 0 Å². The van der Waals surface area contributed by atoms with Gasteiger partial charge in [-0.25, -0.2) is 9.97 Å². The van der Waals surface area contributed by atoms with Gasteiger partial charge < -0.3 is 4.57 Å². The van der Waals surface area contributed by atoms with E-state index in [2.05, 4.69) is 153 Å². The number of nitrogens with zero attached hydrogens (tertiary/aromatic N) is 6. The second-order valence-electron chi connectivity index (χ2n) is 14.0. The van der Waals surface area contributed by atoms with Gasteiger partial charge in [0.05, 0.1) is 39.3 Å². The Morgan fingerprint density at radius 1 is 0.304 bits per heavy atom. The van der Waals surface area contributed by atoms with Crippen molar-refractivity contribution in [2.45, 2.75) is 0 Å². The molecule has 6 nitrogen and oxygen atoms in total. The molecule has 0 atom stereocenters. The molecule has 11 aromatic rings. The maximum absolute atomic E-state index is 4.97. The molecular weight excluding hydrogens is 685 g/mol. The van der Waals surface area contributed by atoms with Gasteiger partial charge in [-0.05, 0) is 119 Å². The fraction of sp³-hybridized carbons (Fsp3) is 0. The van der Waals surface area contributed by atoms with Crippen LogP contribution in [0.1, 0.15) is 0 Å². The van der Waals surface area contributed by atoms with Crippen LogP contribution in [0.3, 0.4) is 0 Å². The van der Waals surface area contributed by atoms with Crippen molar-refractivity contribution in [2.75, 3.05) is 0 Å². The molecule has 5 aromatic carbocycles. The quantitative estimate of drug-likeness (QED) is 0.172. The molecule has 6 heterocycles. The van der Waals surface area contributed by atoms with E-state index in [-0.39, 0.29) is 0 Å². The maximum Gasteiger partial charge on any atom is 0.145 e. The van der Waals surface area contributed by atoms with Crippen molar-refractivity contribution in [3.8, 4) is 56.4 Å². The Morgan fingerprint density at radius 2 is 0.893 bits per heavy atom. The van der Waals surface area contributed by atoms with Crippen LogP contribution in [0.5, 0.6) is 0 Å². The summed E-state index contributed by atoms with van der Waals surface area (Å²) in [5.74, 6) is 0. The third-order valence-electron chi connectivity index (χ3n) is 10.7. The third-order valence-corrected chi connectivity index (χ3v) is 10.7. The van der Waals surface area contributed by atoms with Gasteiger partial charge in [-0.2, -0.15) is 0 Å². The smallest absolute Gasteiger partial charge is 0.145 e. The van der Waals surface area contributed by atoms with Crippen molar-refractivity contribution < 1.29 is 0 Å². The fourth-order valence-corrected chi connectivity index (χ4v) is 8.08. The summed E-state index contributed by atoms with van der Waals surface area (Å²) in [5, 5.41) is 4.75. The van der Waals surface area contributed by atoms with Crippen LogP contribution in [0.15, 0.2) is 195 Å². The molecule has 6 heteroatoms. The molecule has 0 aliphatic carbocycles. The lowest BCUT2D eigenvalue weighted by Gasteiger charge is -2.12. The van der Waals surface area contributed by atoms with Gasteiger partial charge in [0.25, 0.3) is 0 Å². The van der Waals surface area contributed by atoms with Crippen molar-refractivity contribution in [2.24, 2.45) is 0 Å². The minimum atomic E-state index is 0.801. The highest BCUT2D eigenvalue weighted by Crippen LogP contribution is 2.38. The zero-order chi connectivity index (χ0) is 37.0. The molecule has 0 aliphatic heterocycles. The number of fused-ring (bicyclic) bond motifs is 6. The van der Waals surface area contributed by atoms with Crippen molar-refractivity contribution in [3.63, 3.8) is 0 Å². The molecule has 0 fully saturated rings. The predicted molar refractivity (Wildman–Crippen MR) is 228 cm³/mol. The Hall–Kier alpha value is -7.70. The number of hydrogen-bond acceptors (Lipinski definition) is 4. The van der Waals surface area contributed by atoms with E-state index in [4.69, 9.17) is 9.97 Å². The zero-order valence-electron chi connectivity index (χ0n) is 30.2. The first kappa shape index (κ1) is 31.8. The number of hydrogen-bond donors (Lipinski definition) is 0. The zero-order valence-corrected chi connectivity index (χ0v) is 30.2. The first-order valence-corrected chi connectivity index (χ1v) is 18.7. The molecule has 0 saturated carbocycles. The highest BCUT2D eigenvalue weighted by atomic mass is 15.0. The van der Waals surface area contributed by atoms with Gasteiger partial charge in [-0.3, -0.25) is 14.5 Å². The van der Waals surface area contributed by atoms with Crippen molar-refractivity contribution in [1.29, 1.82) is 0 Å². The van der Waals surface area contributed by atoms with Gasteiger partial charge in [-0.1, -0.05) is 78.9 Å². The van der Waals surface area contributed by atoms with Crippen molar-refractivity contribution >= 4 is 43.7 Å². The van der Waals surface area contributed by atoms with Crippen LogP contribution in [-0.2, 0) is 0 Å². The fourth-order valence-electron chi connectivity index (χ4n) is 8.08. The SMILES string of the molecule is c1ccc(-n2c3ccccc3c3cc(-c4ccc5c6cccnc6n(-c6ccc(-c7cc(-c8ccccn8)nc(-c8ccccn8)c7)cc6)c5c4)ccc32)cc1. The number of benzene rings is 5. The van der Waals surface area contributed by atoms with Gasteiger partial charge >= 0.3 is 0 Å². The lowest BCUT2D eigenvalue weighted by molar-refractivity contribution is 1.14. The van der Waals surface area contributed by atoms with Crippen molar-refractivity contribution in [1.82, 2.24) is 29.1 Å². The molecule has 0 bridgehead atoms. The summed E-state index contributed by atoms with van der Waals surface area (Å²) in [4.78, 5) is 19.1. The molecule has 0 radical (unpaired) electrons. The number of rotatable bonds is 6. The lowest BCUT2D eigenvalue weighted by Crippen LogP contribution is -1.96. The van der Waals surface area contributed by atoms with Crippen LogP contribution in [0.4, 0.5) is 0 Å². The molecule has 0 aliphatic rings. The largest absolute Gasteiger partial charge is 0.309 e. The molecule has 0 unspecified atom stereocenters. The highest BCUT2D eigenvalue weighted by Gasteiger charge is 2.17. The predicted octanol–water partition coefficient (Wildman–Crippen LogP) is 12.1. The number of para-hydroxylation sites is 2. The van der Waals surface area contributed by atoms with E-state index in [0.29, 0.717) is 0 Å². The minimum Gasteiger partial charge on any atom is -0.309 e. The van der Waals surface area contributed by atoms with Crippen molar-refractivity contribution in [3.05, 3.63) is 195 Å². The van der Waals surface area contributed by atoms with Gasteiger partial charge in [0.15, 0.2) is 0 Å². The van der Waals surface area contributed by atoms with Crippen LogP contribution in [0.25, 0.3) is 100 Å². The minimum absolute atomic E-state index is 0.801. The van der Waals surface area contributed by atoms with Gasteiger partial charge in [0.2, 0.25) is 0 Å². The summed E-state index contributed by atoms with van der Waals surface area (Å²) in [5.41, 5.74) is 14.3. The summed E-state index contributed by atoms with van der Waals surface area (Å²) in [6.45, 7) is 0. The normalized spacial score (nSPS) is 11.6. The number of pyridine rings is 4. The van der Waals surface area contributed by atoms with E-state index in [1.165, 1.54) is 27.4 Å². The van der Waals surface area contributed by atoms with Crippen LogP contribution in [-0.4, -0.2) is 29.1 Å². The van der Waals surface area contributed by atoms with E-state index in [9.17, 15) is 0 Å². The standard InChI is InChI=1S/C50H32N6/c1-2-11-37(12-3-1)55-47-17-5-4-13-39(47)42-29-34(21-25-48(42)55)35-20-24-40-41-14-10-28-53-50(41)56(49(40)32-35)38-22-18-33(19-23-38)36-30-45(43-15-6-8-26-51-43)54-46(31-36)44-16-7-9-27-52-44/h1-32H. The average Bonchev–Trinajstić information content (AvgIpc) is 3.79. The molecule has 0 amide bonds. The molecule has 56 heavy (non-hydrogen) atoms. The average molecular weight is 717 g/mol. The number of aromatic nitrogens is 6. The Labute approximate surface area is 322 Å². The molecular formula is C50H32N6. The molecule has 0 spiro atoms. The van der Waals surface area contributed by atoms with E-state index in [1.807, 2.05) is 48.7 Å². The van der Waals surface area contributed by atoms with E-state index in [1.54, 1.807) is 12.4 Å². The Bertz CT molecular complexity index is 3160. The van der Waals surface area contributed by atoms with E-state index in [0.717, 1.165) is 72.8 Å². The van der Waals surface area contributed by atoms with Crippen LogP contribution in [0.2, 0.25) is 0 Å². The Kier molecular flexibility index (Phi) is 7.38. The molecule has 11 rings (SSSR count). The van der Waals surface area contributed by atoms with Gasteiger partial charge in [0, 0.05) is 51.5 Å². The van der Waals surface area contributed by atoms with E-state index >= 15 is 0 Å². The first-order valence-electron chi connectivity index (χ1n) is 18.7. The second-order valence-corrected chi connectivity index (χ2v) is 14.0. The van der Waals surface area contributed by atoms with E-state index < -0.39 is 0 Å². The first-order chi connectivity index (χ1) is 27.8. The summed E-state index contributed by atoms with van der Waals surface area (Å²) in [6.07, 6.45) is 5.47. The molecule has 0 N–H and O–H groups in total. The Balaban J connectivity index is 1.03. The topological polar surface area (TPSA) is 61.4 Å². The Morgan fingerprint density at radius 3 is 1.64 bits per heavy atom. The highest BCUT2D eigenvalue weighted by molar-refractivity contribution is 6.12. The lowest BCUT2D eigenvalue weighted by atomic mass is 10.0. The van der Waals surface area contributed by atoms with Gasteiger partial charge in [-0.15, -0.1) is 0 Å². The summed E-state index contributed by atoms with van der Waals surface area (Å²) >= 11 is 0. The molecule has 0 saturated heterocycles.